The Hall–Kier alpha value is -2.59. The number of carbonyl (C=O) groups excluding carboxylic acids is 1. The van der Waals surface area contributed by atoms with Gasteiger partial charge in [-0.2, -0.15) is 0 Å². The fraction of sp³-hybridized carbons (Fsp3) is 0.483. The van der Waals surface area contributed by atoms with Crippen LogP contribution in [0.2, 0.25) is 0 Å². The van der Waals surface area contributed by atoms with Crippen LogP contribution in [0.15, 0.2) is 54.6 Å². The van der Waals surface area contributed by atoms with E-state index in [2.05, 4.69) is 47.4 Å². The number of hydrogen-bond donors (Lipinski definition) is 0. The van der Waals surface area contributed by atoms with Crippen molar-refractivity contribution in [3.63, 3.8) is 0 Å². The molecule has 1 spiro atoms. The van der Waals surface area contributed by atoms with Crippen LogP contribution in [0.5, 0.6) is 5.75 Å². The van der Waals surface area contributed by atoms with Gasteiger partial charge in [0.1, 0.15) is 11.4 Å². The minimum atomic E-state index is -0.252. The molecule has 1 atom stereocenters. The van der Waals surface area contributed by atoms with Crippen LogP contribution < -0.4 is 4.74 Å². The van der Waals surface area contributed by atoms with E-state index in [9.17, 15) is 4.79 Å². The summed E-state index contributed by atoms with van der Waals surface area (Å²) in [5.74, 6) is 2.01. The van der Waals surface area contributed by atoms with E-state index in [1.807, 2.05) is 30.9 Å². The molecule has 2 heterocycles. The van der Waals surface area contributed by atoms with E-state index in [0.29, 0.717) is 0 Å². The number of nitrogens with zero attached hydrogens (tertiary/aromatic N) is 2. The number of likely N-dealkylation sites (tertiary alicyclic amines) is 1. The Balaban J connectivity index is 1.44. The summed E-state index contributed by atoms with van der Waals surface area (Å²) in [7, 11) is 0. The maximum Gasteiger partial charge on any atom is 0.253 e. The van der Waals surface area contributed by atoms with Crippen LogP contribution in [-0.2, 0) is 0 Å². The van der Waals surface area contributed by atoms with Gasteiger partial charge in [-0.3, -0.25) is 4.79 Å². The SMILES string of the molecule is CCN(CC)C(=O)c1ccc(C2=CC3(CCCN(CC4CC4)CC3)Oc3ccccc32)cc1. The summed E-state index contributed by atoms with van der Waals surface area (Å²) in [5, 5.41) is 0. The van der Waals surface area contributed by atoms with Crippen LogP contribution in [-0.4, -0.2) is 54.0 Å². The molecule has 2 aliphatic heterocycles. The first-order chi connectivity index (χ1) is 16.1. The summed E-state index contributed by atoms with van der Waals surface area (Å²) in [6.07, 6.45) is 8.43. The lowest BCUT2D eigenvalue weighted by Gasteiger charge is -2.37. The highest BCUT2D eigenvalue weighted by molar-refractivity contribution is 5.95. The number of amides is 1. The molecule has 174 valence electrons. The Kier molecular flexibility index (Phi) is 6.29. The Morgan fingerprint density at radius 1 is 1.03 bits per heavy atom. The van der Waals surface area contributed by atoms with E-state index >= 15 is 0 Å². The highest BCUT2D eigenvalue weighted by atomic mass is 16.5. The summed E-state index contributed by atoms with van der Waals surface area (Å²) >= 11 is 0. The molecule has 0 radical (unpaired) electrons. The van der Waals surface area contributed by atoms with Gasteiger partial charge in [-0.05, 0) is 87.4 Å². The van der Waals surface area contributed by atoms with Gasteiger partial charge in [0.25, 0.3) is 5.91 Å². The maximum atomic E-state index is 12.8. The lowest BCUT2D eigenvalue weighted by molar-refractivity contribution is 0.0773. The van der Waals surface area contributed by atoms with E-state index in [0.717, 1.165) is 67.3 Å². The minimum absolute atomic E-state index is 0.101. The highest BCUT2D eigenvalue weighted by Crippen LogP contribution is 2.43. The Bertz CT molecular complexity index is 1020. The zero-order chi connectivity index (χ0) is 22.8. The van der Waals surface area contributed by atoms with Crippen molar-refractivity contribution in [3.8, 4) is 5.75 Å². The zero-order valence-electron chi connectivity index (χ0n) is 20.1. The molecule has 1 saturated heterocycles. The molecule has 2 aromatic carbocycles. The van der Waals surface area contributed by atoms with Gasteiger partial charge in [0.05, 0.1) is 0 Å². The van der Waals surface area contributed by atoms with E-state index in [4.69, 9.17) is 4.74 Å². The average Bonchev–Trinajstić information content (AvgIpc) is 3.68. The minimum Gasteiger partial charge on any atom is -0.482 e. The number of ether oxygens (including phenoxy) is 1. The molecule has 4 nitrogen and oxygen atoms in total. The van der Waals surface area contributed by atoms with Gasteiger partial charge in [-0.25, -0.2) is 0 Å². The first-order valence-electron chi connectivity index (χ1n) is 12.7. The fourth-order valence-corrected chi connectivity index (χ4v) is 5.37. The van der Waals surface area contributed by atoms with Gasteiger partial charge < -0.3 is 14.5 Å². The van der Waals surface area contributed by atoms with Gasteiger partial charge in [0.15, 0.2) is 0 Å². The van der Waals surface area contributed by atoms with Crippen molar-refractivity contribution in [1.82, 2.24) is 9.80 Å². The highest BCUT2D eigenvalue weighted by Gasteiger charge is 2.38. The monoisotopic (exact) mass is 444 g/mol. The third-order valence-corrected chi connectivity index (χ3v) is 7.53. The summed E-state index contributed by atoms with van der Waals surface area (Å²) in [6, 6.07) is 16.6. The Morgan fingerprint density at radius 3 is 2.52 bits per heavy atom. The van der Waals surface area contributed by atoms with Crippen LogP contribution in [0.4, 0.5) is 0 Å². The van der Waals surface area contributed by atoms with Crippen LogP contribution in [0, 0.1) is 5.92 Å². The first-order valence-corrected chi connectivity index (χ1v) is 12.7. The van der Waals surface area contributed by atoms with Crippen LogP contribution in [0.3, 0.4) is 0 Å². The Morgan fingerprint density at radius 2 is 1.79 bits per heavy atom. The molecule has 2 aromatic rings. The quantitative estimate of drug-likeness (QED) is 0.579. The second-order valence-corrected chi connectivity index (χ2v) is 9.87. The smallest absolute Gasteiger partial charge is 0.253 e. The average molecular weight is 445 g/mol. The molecule has 2 fully saturated rings. The van der Waals surface area contributed by atoms with Crippen molar-refractivity contribution < 1.29 is 9.53 Å². The van der Waals surface area contributed by atoms with Crippen molar-refractivity contribution in [2.75, 3.05) is 32.7 Å². The number of rotatable bonds is 6. The molecule has 0 N–H and O–H groups in total. The first kappa shape index (κ1) is 22.2. The molecule has 0 aromatic heterocycles. The van der Waals surface area contributed by atoms with E-state index < -0.39 is 0 Å². The third-order valence-electron chi connectivity index (χ3n) is 7.53. The number of carbonyl (C=O) groups is 1. The molecule has 33 heavy (non-hydrogen) atoms. The second kappa shape index (κ2) is 9.34. The Labute approximate surface area is 198 Å². The van der Waals surface area contributed by atoms with E-state index in [1.54, 1.807) is 0 Å². The van der Waals surface area contributed by atoms with Crippen LogP contribution in [0.1, 0.15) is 67.4 Å². The molecule has 1 saturated carbocycles. The van der Waals surface area contributed by atoms with Gasteiger partial charge in [0, 0.05) is 43.7 Å². The zero-order valence-corrected chi connectivity index (χ0v) is 20.1. The molecule has 1 unspecified atom stereocenters. The molecule has 5 rings (SSSR count). The standard InChI is InChI=1S/C29H36N2O2/c1-3-31(4-2)28(32)24-14-12-23(13-15-24)26-20-29(33-27-9-6-5-8-25(26)27)16-7-18-30(19-17-29)21-22-10-11-22/h5-6,8-9,12-15,20,22H,3-4,7,10-11,16-19,21H2,1-2H3. The van der Waals surface area contributed by atoms with Crippen LogP contribution >= 0.6 is 0 Å². The number of para-hydroxylation sites is 1. The summed E-state index contributed by atoms with van der Waals surface area (Å²) in [5.41, 5.74) is 4.03. The summed E-state index contributed by atoms with van der Waals surface area (Å²) in [4.78, 5) is 17.3. The van der Waals surface area contributed by atoms with Gasteiger partial charge in [0.2, 0.25) is 0 Å². The summed E-state index contributed by atoms with van der Waals surface area (Å²) < 4.78 is 6.72. The van der Waals surface area contributed by atoms with Gasteiger partial charge in [-0.1, -0.05) is 30.3 Å². The van der Waals surface area contributed by atoms with Crippen molar-refractivity contribution in [3.05, 3.63) is 71.3 Å². The molecular weight excluding hydrogens is 408 g/mol. The maximum absolute atomic E-state index is 12.8. The fourth-order valence-electron chi connectivity index (χ4n) is 5.37. The lowest BCUT2D eigenvalue weighted by Crippen LogP contribution is -2.38. The molecule has 3 aliphatic rings. The molecule has 1 amide bonds. The van der Waals surface area contributed by atoms with Gasteiger partial charge in [-0.15, -0.1) is 0 Å². The third kappa shape index (κ3) is 4.72. The topological polar surface area (TPSA) is 32.8 Å². The number of fused-ring (bicyclic) bond motifs is 1. The largest absolute Gasteiger partial charge is 0.482 e. The van der Waals surface area contributed by atoms with E-state index in [1.165, 1.54) is 31.5 Å². The molecule has 1 aliphatic carbocycles. The van der Waals surface area contributed by atoms with Crippen molar-refractivity contribution in [1.29, 1.82) is 0 Å². The van der Waals surface area contributed by atoms with Gasteiger partial charge >= 0.3 is 0 Å². The number of hydrogen-bond acceptors (Lipinski definition) is 3. The van der Waals surface area contributed by atoms with Crippen molar-refractivity contribution in [2.24, 2.45) is 5.92 Å². The predicted octanol–water partition coefficient (Wildman–Crippen LogP) is 5.63. The molecule has 4 heteroatoms. The normalized spacial score (nSPS) is 22.8. The van der Waals surface area contributed by atoms with Crippen molar-refractivity contribution in [2.45, 2.75) is 51.6 Å². The van der Waals surface area contributed by atoms with E-state index in [-0.39, 0.29) is 11.5 Å². The number of benzene rings is 2. The summed E-state index contributed by atoms with van der Waals surface area (Å²) in [6.45, 7) is 9.04. The molecule has 0 bridgehead atoms. The van der Waals surface area contributed by atoms with Crippen molar-refractivity contribution >= 4 is 11.5 Å². The van der Waals surface area contributed by atoms with Crippen LogP contribution in [0.25, 0.3) is 5.57 Å². The molecular formula is C29H36N2O2. The second-order valence-electron chi connectivity index (χ2n) is 9.87. The predicted molar refractivity (Wildman–Crippen MR) is 134 cm³/mol. The lowest BCUT2D eigenvalue weighted by atomic mass is 9.84.